The van der Waals surface area contributed by atoms with Crippen molar-refractivity contribution in [3.8, 4) is 0 Å². The van der Waals surface area contributed by atoms with Gasteiger partial charge >= 0.3 is 0 Å². The van der Waals surface area contributed by atoms with E-state index in [-0.39, 0.29) is 5.91 Å². The fourth-order valence-electron chi connectivity index (χ4n) is 1.74. The van der Waals surface area contributed by atoms with Gasteiger partial charge in [-0.3, -0.25) is 4.79 Å². The zero-order chi connectivity index (χ0) is 15.0. The van der Waals surface area contributed by atoms with E-state index in [1.54, 1.807) is 32.0 Å². The number of methoxy groups -OCH3 is 1. The van der Waals surface area contributed by atoms with Crippen molar-refractivity contribution in [1.29, 1.82) is 0 Å². The molecule has 20 heavy (non-hydrogen) atoms. The number of unbranched alkanes of at least 4 members (excludes halogenated alkanes) is 1. The molecule has 0 radical (unpaired) electrons. The molecule has 1 amide bonds. The van der Waals surface area contributed by atoms with Crippen LogP contribution in [0.4, 0.5) is 5.82 Å². The van der Waals surface area contributed by atoms with Crippen LogP contribution >= 0.6 is 0 Å². The van der Waals surface area contributed by atoms with Crippen LogP contribution in [0.15, 0.2) is 6.07 Å². The number of aryl methyl sites for hydroxylation is 1. The Morgan fingerprint density at radius 3 is 2.85 bits per heavy atom. The van der Waals surface area contributed by atoms with Crippen LogP contribution in [-0.2, 0) is 4.74 Å². The van der Waals surface area contributed by atoms with E-state index in [1.807, 2.05) is 0 Å². The van der Waals surface area contributed by atoms with Crippen molar-refractivity contribution in [3.63, 3.8) is 0 Å². The standard InChI is InChI=1S/C14H24N4O2/c1-5-6-8-18(3)14(19)12-10-13(15-7-9-20-4)17-11(2)16-12/h10H,5-9H2,1-4H3,(H,15,16,17). The second-order valence-corrected chi connectivity index (χ2v) is 4.69. The number of hydrogen-bond acceptors (Lipinski definition) is 5. The first kappa shape index (κ1) is 16.4. The number of carbonyl (C=O) groups is 1. The molecule has 0 bridgehead atoms. The van der Waals surface area contributed by atoms with Crippen molar-refractivity contribution < 1.29 is 9.53 Å². The molecule has 0 saturated heterocycles. The van der Waals surface area contributed by atoms with E-state index >= 15 is 0 Å². The van der Waals surface area contributed by atoms with Crippen LogP contribution in [0.5, 0.6) is 0 Å². The topological polar surface area (TPSA) is 67.4 Å². The van der Waals surface area contributed by atoms with Gasteiger partial charge in [-0.05, 0) is 13.3 Å². The van der Waals surface area contributed by atoms with E-state index in [2.05, 4.69) is 22.2 Å². The number of hydrogen-bond donors (Lipinski definition) is 1. The Labute approximate surface area is 120 Å². The van der Waals surface area contributed by atoms with E-state index < -0.39 is 0 Å². The Hall–Kier alpha value is -1.69. The molecule has 1 aromatic heterocycles. The Morgan fingerprint density at radius 1 is 1.45 bits per heavy atom. The molecule has 0 unspecified atom stereocenters. The molecule has 6 nitrogen and oxygen atoms in total. The summed E-state index contributed by atoms with van der Waals surface area (Å²) in [6.07, 6.45) is 2.05. The minimum absolute atomic E-state index is 0.0706. The highest BCUT2D eigenvalue weighted by atomic mass is 16.5. The molecule has 0 aliphatic rings. The van der Waals surface area contributed by atoms with Crippen molar-refractivity contribution in [3.05, 3.63) is 17.6 Å². The van der Waals surface area contributed by atoms with Gasteiger partial charge in [0.15, 0.2) is 0 Å². The first-order valence-corrected chi connectivity index (χ1v) is 6.92. The first-order valence-electron chi connectivity index (χ1n) is 6.92. The lowest BCUT2D eigenvalue weighted by Gasteiger charge is -2.16. The Balaban J connectivity index is 2.75. The van der Waals surface area contributed by atoms with Crippen molar-refractivity contribution >= 4 is 11.7 Å². The number of carbonyl (C=O) groups excluding carboxylic acids is 1. The Morgan fingerprint density at radius 2 is 2.20 bits per heavy atom. The molecule has 1 aromatic rings. The van der Waals surface area contributed by atoms with Gasteiger partial charge in [-0.1, -0.05) is 13.3 Å². The first-order chi connectivity index (χ1) is 9.58. The van der Waals surface area contributed by atoms with E-state index in [1.165, 1.54) is 0 Å². The van der Waals surface area contributed by atoms with Crippen LogP contribution < -0.4 is 5.32 Å². The molecule has 0 fully saturated rings. The largest absolute Gasteiger partial charge is 0.383 e. The number of nitrogens with one attached hydrogen (secondary N) is 1. The van der Waals surface area contributed by atoms with Crippen LogP contribution in [0.25, 0.3) is 0 Å². The van der Waals surface area contributed by atoms with Crippen LogP contribution in [0.2, 0.25) is 0 Å². The summed E-state index contributed by atoms with van der Waals surface area (Å²) in [7, 11) is 3.44. The smallest absolute Gasteiger partial charge is 0.272 e. The highest BCUT2D eigenvalue weighted by molar-refractivity contribution is 5.92. The number of nitrogens with zero attached hydrogens (tertiary/aromatic N) is 3. The maximum absolute atomic E-state index is 12.3. The maximum Gasteiger partial charge on any atom is 0.272 e. The molecule has 1 heterocycles. The second-order valence-electron chi connectivity index (χ2n) is 4.69. The van der Waals surface area contributed by atoms with E-state index in [9.17, 15) is 4.79 Å². The molecular formula is C14H24N4O2. The second kappa shape index (κ2) is 8.47. The molecule has 112 valence electrons. The van der Waals surface area contributed by atoms with Crippen molar-refractivity contribution in [2.45, 2.75) is 26.7 Å². The molecule has 0 atom stereocenters. The minimum Gasteiger partial charge on any atom is -0.383 e. The highest BCUT2D eigenvalue weighted by Crippen LogP contribution is 2.09. The van der Waals surface area contributed by atoms with Gasteiger partial charge in [0.1, 0.15) is 17.3 Å². The molecule has 1 N–H and O–H groups in total. The Bertz CT molecular complexity index is 437. The molecule has 1 rings (SSSR count). The summed E-state index contributed by atoms with van der Waals surface area (Å²) >= 11 is 0. The average Bonchev–Trinajstić information content (AvgIpc) is 2.43. The molecule has 0 aliphatic carbocycles. The quantitative estimate of drug-likeness (QED) is 0.734. The summed E-state index contributed by atoms with van der Waals surface area (Å²) in [5.41, 5.74) is 0.427. The van der Waals surface area contributed by atoms with Gasteiger partial charge in [0, 0.05) is 33.3 Å². The zero-order valence-electron chi connectivity index (χ0n) is 12.8. The number of amides is 1. The molecule has 0 aromatic carbocycles. The van der Waals surface area contributed by atoms with Gasteiger partial charge in [-0.25, -0.2) is 9.97 Å². The average molecular weight is 280 g/mol. The predicted octanol–water partition coefficient (Wildman–Crippen LogP) is 1.72. The number of ether oxygens (including phenoxy) is 1. The zero-order valence-corrected chi connectivity index (χ0v) is 12.8. The predicted molar refractivity (Wildman–Crippen MR) is 79.0 cm³/mol. The van der Waals surface area contributed by atoms with Crippen molar-refractivity contribution in [1.82, 2.24) is 14.9 Å². The summed E-state index contributed by atoms with van der Waals surface area (Å²) in [4.78, 5) is 22.4. The normalized spacial score (nSPS) is 10.4. The molecular weight excluding hydrogens is 256 g/mol. The van der Waals surface area contributed by atoms with Gasteiger partial charge in [-0.2, -0.15) is 0 Å². The SMILES string of the molecule is CCCCN(C)C(=O)c1cc(NCCOC)nc(C)n1. The van der Waals surface area contributed by atoms with Gasteiger partial charge < -0.3 is 15.0 Å². The van der Waals surface area contributed by atoms with Crippen molar-refractivity contribution in [2.75, 3.05) is 39.2 Å². The van der Waals surface area contributed by atoms with Gasteiger partial charge in [-0.15, -0.1) is 0 Å². The molecule has 0 spiro atoms. The number of rotatable bonds is 8. The third kappa shape index (κ3) is 5.13. The number of anilines is 1. The summed E-state index contributed by atoms with van der Waals surface area (Å²) in [5.74, 6) is 1.17. The third-order valence-corrected chi connectivity index (χ3v) is 2.86. The van der Waals surface area contributed by atoms with Gasteiger partial charge in [0.05, 0.1) is 6.61 Å². The van der Waals surface area contributed by atoms with Gasteiger partial charge in [0.2, 0.25) is 0 Å². The summed E-state index contributed by atoms with van der Waals surface area (Å²) in [6, 6.07) is 1.69. The molecule has 6 heteroatoms. The summed E-state index contributed by atoms with van der Waals surface area (Å²) < 4.78 is 4.97. The van der Waals surface area contributed by atoms with Crippen LogP contribution in [0.1, 0.15) is 36.1 Å². The lowest BCUT2D eigenvalue weighted by atomic mass is 10.3. The third-order valence-electron chi connectivity index (χ3n) is 2.86. The molecule has 0 aliphatic heterocycles. The lowest BCUT2D eigenvalue weighted by Crippen LogP contribution is -2.29. The number of aromatic nitrogens is 2. The van der Waals surface area contributed by atoms with E-state index in [0.29, 0.717) is 30.5 Å². The van der Waals surface area contributed by atoms with Crippen LogP contribution in [-0.4, -0.2) is 54.6 Å². The highest BCUT2D eigenvalue weighted by Gasteiger charge is 2.14. The fourth-order valence-corrected chi connectivity index (χ4v) is 1.74. The monoisotopic (exact) mass is 280 g/mol. The summed E-state index contributed by atoms with van der Waals surface area (Å²) in [5, 5.41) is 3.12. The van der Waals surface area contributed by atoms with Crippen LogP contribution in [0, 0.1) is 6.92 Å². The van der Waals surface area contributed by atoms with Gasteiger partial charge in [0.25, 0.3) is 5.91 Å². The van der Waals surface area contributed by atoms with E-state index in [4.69, 9.17) is 4.74 Å². The maximum atomic E-state index is 12.3. The van der Waals surface area contributed by atoms with E-state index in [0.717, 1.165) is 19.4 Å². The fraction of sp³-hybridized carbons (Fsp3) is 0.643. The van der Waals surface area contributed by atoms with Crippen LogP contribution in [0.3, 0.4) is 0 Å². The van der Waals surface area contributed by atoms with Crippen molar-refractivity contribution in [2.24, 2.45) is 0 Å². The minimum atomic E-state index is -0.0706. The lowest BCUT2D eigenvalue weighted by molar-refractivity contribution is 0.0787. The molecule has 0 saturated carbocycles. The summed E-state index contributed by atoms with van der Waals surface area (Å²) in [6.45, 7) is 5.86. The Kier molecular flexibility index (Phi) is 6.93.